The Kier molecular flexibility index (Phi) is 5.14. The minimum absolute atomic E-state index is 0.245. The number of allylic oxidation sites excluding steroid dienone is 1. The van der Waals surface area contributed by atoms with Crippen LogP contribution in [-0.4, -0.2) is 11.2 Å². The van der Waals surface area contributed by atoms with E-state index in [0.717, 1.165) is 12.8 Å². The lowest BCUT2D eigenvalue weighted by Gasteiger charge is -2.05. The average molecular weight is 151 g/mol. The van der Waals surface area contributed by atoms with E-state index in [1.807, 2.05) is 6.07 Å². The van der Waals surface area contributed by atoms with Gasteiger partial charge in [0.25, 0.3) is 0 Å². The van der Waals surface area contributed by atoms with Crippen LogP contribution in [0.2, 0.25) is 0 Å². The Balaban J connectivity index is 3.53. The van der Waals surface area contributed by atoms with Gasteiger partial charge in [0.1, 0.15) is 0 Å². The molecule has 2 nitrogen and oxygen atoms in total. The summed E-state index contributed by atoms with van der Waals surface area (Å²) in [5.74, 6) is 0. The minimum atomic E-state index is -0.667. The average Bonchev–Trinajstić information content (AvgIpc) is 2.03. The van der Waals surface area contributed by atoms with Gasteiger partial charge in [-0.15, -0.1) is 6.58 Å². The van der Waals surface area contributed by atoms with Gasteiger partial charge in [0.15, 0.2) is 0 Å². The lowest BCUT2D eigenvalue weighted by Crippen LogP contribution is -2.07. The van der Waals surface area contributed by atoms with Gasteiger partial charge in [0.2, 0.25) is 0 Å². The third-order valence-corrected chi connectivity index (χ3v) is 1.43. The highest BCUT2D eigenvalue weighted by Crippen LogP contribution is 2.07. The van der Waals surface area contributed by atoms with Crippen molar-refractivity contribution < 1.29 is 5.11 Å². The van der Waals surface area contributed by atoms with Crippen molar-refractivity contribution in [2.45, 2.75) is 25.4 Å². The van der Waals surface area contributed by atoms with Gasteiger partial charge in [-0.1, -0.05) is 12.7 Å². The fourth-order valence-corrected chi connectivity index (χ4v) is 0.704. The van der Waals surface area contributed by atoms with Gasteiger partial charge in [-0.2, -0.15) is 5.26 Å². The highest BCUT2D eigenvalue weighted by Gasteiger charge is 2.05. The monoisotopic (exact) mass is 151 g/mol. The first-order chi connectivity index (χ1) is 5.22. The third-order valence-electron chi connectivity index (χ3n) is 1.43. The Bertz CT molecular complexity index is 178. The molecule has 1 N–H and O–H groups in total. The van der Waals surface area contributed by atoms with E-state index in [4.69, 9.17) is 5.26 Å². The second kappa shape index (κ2) is 5.70. The van der Waals surface area contributed by atoms with E-state index < -0.39 is 6.10 Å². The molecule has 0 radical (unpaired) electrons. The van der Waals surface area contributed by atoms with Crippen molar-refractivity contribution in [1.29, 1.82) is 5.26 Å². The van der Waals surface area contributed by atoms with Crippen LogP contribution in [0.4, 0.5) is 0 Å². The number of hydrogen-bond acceptors (Lipinski definition) is 2. The molecule has 0 aromatic rings. The Morgan fingerprint density at radius 1 is 1.73 bits per heavy atom. The van der Waals surface area contributed by atoms with Crippen molar-refractivity contribution in [3.05, 3.63) is 24.8 Å². The fraction of sp³-hybridized carbons (Fsp3) is 0.444. The van der Waals surface area contributed by atoms with Crippen LogP contribution in [0.3, 0.4) is 0 Å². The van der Waals surface area contributed by atoms with Crippen molar-refractivity contribution in [3.8, 4) is 6.07 Å². The summed E-state index contributed by atoms with van der Waals surface area (Å²) in [6, 6.07) is 1.82. The summed E-state index contributed by atoms with van der Waals surface area (Å²) in [4.78, 5) is 0. The molecule has 0 bridgehead atoms. The second-order valence-electron chi connectivity index (χ2n) is 2.37. The molecule has 0 saturated heterocycles. The van der Waals surface area contributed by atoms with E-state index >= 15 is 0 Å². The van der Waals surface area contributed by atoms with Gasteiger partial charge in [0, 0.05) is 0 Å². The number of rotatable bonds is 5. The molecule has 0 aromatic carbocycles. The van der Waals surface area contributed by atoms with Crippen LogP contribution in [0.15, 0.2) is 24.8 Å². The summed E-state index contributed by atoms with van der Waals surface area (Å²) in [5.41, 5.74) is 0.245. The highest BCUT2D eigenvalue weighted by atomic mass is 16.3. The maximum Gasteiger partial charge on any atom is 0.0968 e. The number of nitrogens with zero attached hydrogens (tertiary/aromatic N) is 1. The van der Waals surface area contributed by atoms with Gasteiger partial charge in [-0.05, 0) is 19.3 Å². The van der Waals surface area contributed by atoms with Crippen molar-refractivity contribution in [2.24, 2.45) is 0 Å². The first-order valence-corrected chi connectivity index (χ1v) is 3.60. The van der Waals surface area contributed by atoms with E-state index in [1.165, 1.54) is 0 Å². The highest BCUT2D eigenvalue weighted by molar-refractivity contribution is 5.20. The number of nitriles is 1. The molecule has 0 aromatic heterocycles. The first-order valence-electron chi connectivity index (χ1n) is 3.60. The van der Waals surface area contributed by atoms with Crippen LogP contribution < -0.4 is 0 Å². The van der Waals surface area contributed by atoms with Crippen molar-refractivity contribution in [2.75, 3.05) is 0 Å². The third kappa shape index (κ3) is 4.35. The lowest BCUT2D eigenvalue weighted by molar-refractivity contribution is 0.203. The van der Waals surface area contributed by atoms with Crippen LogP contribution in [0.5, 0.6) is 0 Å². The maximum atomic E-state index is 9.19. The van der Waals surface area contributed by atoms with Crippen LogP contribution in [0.25, 0.3) is 0 Å². The number of unbranched alkanes of at least 4 members (excludes halogenated alkanes) is 1. The molecule has 1 atom stereocenters. The van der Waals surface area contributed by atoms with Crippen molar-refractivity contribution in [1.82, 2.24) is 0 Å². The molecule has 2 heteroatoms. The van der Waals surface area contributed by atoms with E-state index in [2.05, 4.69) is 13.2 Å². The van der Waals surface area contributed by atoms with Crippen LogP contribution in [0.1, 0.15) is 19.3 Å². The minimum Gasteiger partial charge on any atom is -0.388 e. The second-order valence-corrected chi connectivity index (χ2v) is 2.37. The summed E-state index contributed by atoms with van der Waals surface area (Å²) in [7, 11) is 0. The maximum absolute atomic E-state index is 9.19. The predicted octanol–water partition coefficient (Wildman–Crippen LogP) is 1.78. The Labute approximate surface area is 67.5 Å². The summed E-state index contributed by atoms with van der Waals surface area (Å²) in [6.07, 6.45) is 3.45. The molecule has 0 aliphatic carbocycles. The fourth-order valence-electron chi connectivity index (χ4n) is 0.704. The van der Waals surface area contributed by atoms with Crippen LogP contribution >= 0.6 is 0 Å². The standard InChI is InChI=1S/C9H13NO/c1-3-4-5-6-9(11)8(2)7-10/h3,9,11H,1-2,4-6H2. The topological polar surface area (TPSA) is 44.0 Å². The van der Waals surface area contributed by atoms with Crippen molar-refractivity contribution >= 4 is 0 Å². The zero-order chi connectivity index (χ0) is 8.69. The largest absolute Gasteiger partial charge is 0.388 e. The van der Waals surface area contributed by atoms with E-state index in [1.54, 1.807) is 6.08 Å². The van der Waals surface area contributed by atoms with Gasteiger partial charge in [-0.25, -0.2) is 0 Å². The molecule has 0 heterocycles. The van der Waals surface area contributed by atoms with Crippen molar-refractivity contribution in [3.63, 3.8) is 0 Å². The first kappa shape index (κ1) is 9.93. The molecule has 0 saturated carbocycles. The van der Waals surface area contributed by atoms with Gasteiger partial charge < -0.3 is 5.11 Å². The summed E-state index contributed by atoms with van der Waals surface area (Å²) in [5, 5.41) is 17.5. The molecule has 11 heavy (non-hydrogen) atoms. The zero-order valence-electron chi connectivity index (χ0n) is 6.58. The molecule has 1 unspecified atom stereocenters. The number of aliphatic hydroxyl groups excluding tert-OH is 1. The Morgan fingerprint density at radius 2 is 2.36 bits per heavy atom. The van der Waals surface area contributed by atoms with Gasteiger partial charge >= 0.3 is 0 Å². The van der Waals surface area contributed by atoms with E-state index in [0.29, 0.717) is 6.42 Å². The van der Waals surface area contributed by atoms with Crippen LogP contribution in [-0.2, 0) is 0 Å². The number of hydrogen-bond donors (Lipinski definition) is 1. The van der Waals surface area contributed by atoms with Gasteiger partial charge in [-0.3, -0.25) is 0 Å². The predicted molar refractivity (Wildman–Crippen MR) is 44.8 cm³/mol. The Morgan fingerprint density at radius 3 is 2.82 bits per heavy atom. The molecule has 0 spiro atoms. The molecule has 0 aliphatic heterocycles. The molecule has 0 fully saturated rings. The molecular formula is C9H13NO. The molecule has 0 aliphatic rings. The quantitative estimate of drug-likeness (QED) is 0.370. The molecule has 60 valence electrons. The van der Waals surface area contributed by atoms with Crippen LogP contribution in [0, 0.1) is 11.3 Å². The Hall–Kier alpha value is -1.07. The summed E-state index contributed by atoms with van der Waals surface area (Å²) >= 11 is 0. The zero-order valence-corrected chi connectivity index (χ0v) is 6.58. The number of aliphatic hydroxyl groups is 1. The van der Waals surface area contributed by atoms with Gasteiger partial charge in [0.05, 0.1) is 17.7 Å². The molecular weight excluding hydrogens is 138 g/mol. The normalized spacial score (nSPS) is 11.6. The molecule has 0 rings (SSSR count). The van der Waals surface area contributed by atoms with E-state index in [-0.39, 0.29) is 5.57 Å². The SMILES string of the molecule is C=CCCCC(O)C(=C)C#N. The smallest absolute Gasteiger partial charge is 0.0968 e. The van der Waals surface area contributed by atoms with E-state index in [9.17, 15) is 5.11 Å². The summed E-state index contributed by atoms with van der Waals surface area (Å²) in [6.45, 7) is 6.97. The molecule has 0 amide bonds. The lowest BCUT2D eigenvalue weighted by atomic mass is 10.1. The summed E-state index contributed by atoms with van der Waals surface area (Å²) < 4.78 is 0.